The van der Waals surface area contributed by atoms with Gasteiger partial charge in [-0.1, -0.05) is 6.58 Å². The number of alkyl halides is 2. The van der Waals surface area contributed by atoms with Crippen LogP contribution in [-0.4, -0.2) is 57.7 Å². The van der Waals surface area contributed by atoms with Gasteiger partial charge in [0.25, 0.3) is 0 Å². The minimum atomic E-state index is -2.85. The average Bonchev–Trinajstić information content (AvgIpc) is 2.35. The van der Waals surface area contributed by atoms with E-state index in [1.54, 1.807) is 13.1 Å². The van der Waals surface area contributed by atoms with Crippen LogP contribution in [0.2, 0.25) is 0 Å². The van der Waals surface area contributed by atoms with Crippen molar-refractivity contribution in [3.8, 4) is 0 Å². The quantitative estimate of drug-likeness (QED) is 0.520. The van der Waals surface area contributed by atoms with Crippen molar-refractivity contribution in [2.24, 2.45) is 0 Å². The first-order valence-corrected chi connectivity index (χ1v) is 6.34. The molecule has 0 aromatic carbocycles. The molecule has 0 heterocycles. The van der Waals surface area contributed by atoms with Crippen LogP contribution in [0.15, 0.2) is 35.9 Å². The molecule has 0 unspecified atom stereocenters. The number of hydrogen-bond donors (Lipinski definition) is 1. The monoisotopic (exact) mass is 289 g/mol. The molecule has 0 aliphatic rings. The predicted molar refractivity (Wildman–Crippen MR) is 78.3 cm³/mol. The highest BCUT2D eigenvalue weighted by atomic mass is 19.3. The lowest BCUT2D eigenvalue weighted by molar-refractivity contribution is -0.0915. The van der Waals surface area contributed by atoms with Crippen molar-refractivity contribution >= 4 is 0 Å². The van der Waals surface area contributed by atoms with Crippen LogP contribution in [-0.2, 0) is 4.74 Å². The highest BCUT2D eigenvalue weighted by Crippen LogP contribution is 2.10. The SMILES string of the molecule is C=C(/C=C\C(NC)=C(/C)N(C)CCN(C)C)OC(F)F. The van der Waals surface area contributed by atoms with Gasteiger partial charge in [-0.15, -0.1) is 0 Å². The Hall–Kier alpha value is -1.56. The summed E-state index contributed by atoms with van der Waals surface area (Å²) in [6.45, 7) is 4.31. The summed E-state index contributed by atoms with van der Waals surface area (Å²) in [5, 5.41) is 3.03. The number of ether oxygens (including phenoxy) is 1. The largest absolute Gasteiger partial charge is 0.435 e. The second-order valence-corrected chi connectivity index (χ2v) is 4.65. The second-order valence-electron chi connectivity index (χ2n) is 4.65. The fourth-order valence-corrected chi connectivity index (χ4v) is 1.44. The van der Waals surface area contributed by atoms with Gasteiger partial charge in [-0.05, 0) is 33.2 Å². The van der Waals surface area contributed by atoms with Gasteiger partial charge in [-0.3, -0.25) is 0 Å². The van der Waals surface area contributed by atoms with Crippen molar-refractivity contribution in [2.45, 2.75) is 13.5 Å². The smallest absolute Gasteiger partial charge is 0.387 e. The van der Waals surface area contributed by atoms with Crippen molar-refractivity contribution in [1.82, 2.24) is 15.1 Å². The predicted octanol–water partition coefficient (Wildman–Crippen LogP) is 2.24. The molecule has 0 aromatic heterocycles. The van der Waals surface area contributed by atoms with E-state index >= 15 is 0 Å². The zero-order chi connectivity index (χ0) is 15.7. The number of hydrogen-bond acceptors (Lipinski definition) is 4. The average molecular weight is 289 g/mol. The normalized spacial score (nSPS) is 12.8. The highest BCUT2D eigenvalue weighted by molar-refractivity contribution is 5.26. The van der Waals surface area contributed by atoms with Gasteiger partial charge in [0.1, 0.15) is 5.76 Å². The zero-order valence-electron chi connectivity index (χ0n) is 12.9. The number of allylic oxidation sites excluding steroid dienone is 3. The van der Waals surface area contributed by atoms with Crippen LogP contribution in [0.5, 0.6) is 0 Å². The number of likely N-dealkylation sites (N-methyl/N-ethyl adjacent to an activating group) is 3. The molecule has 0 radical (unpaired) electrons. The van der Waals surface area contributed by atoms with Crippen LogP contribution in [0.3, 0.4) is 0 Å². The maximum absolute atomic E-state index is 12.0. The summed E-state index contributed by atoms with van der Waals surface area (Å²) in [6.07, 6.45) is 3.09. The van der Waals surface area contributed by atoms with E-state index in [-0.39, 0.29) is 5.76 Å². The lowest BCUT2D eigenvalue weighted by Gasteiger charge is -2.24. The van der Waals surface area contributed by atoms with Gasteiger partial charge in [-0.25, -0.2) is 0 Å². The Kier molecular flexibility index (Phi) is 8.63. The summed E-state index contributed by atoms with van der Waals surface area (Å²) in [7, 11) is 7.78. The van der Waals surface area contributed by atoms with Gasteiger partial charge in [0, 0.05) is 32.9 Å². The Labute approximate surface area is 120 Å². The second kappa shape index (κ2) is 9.36. The molecule has 0 fully saturated rings. The van der Waals surface area contributed by atoms with Gasteiger partial charge in [0.15, 0.2) is 0 Å². The van der Waals surface area contributed by atoms with E-state index in [9.17, 15) is 8.78 Å². The van der Waals surface area contributed by atoms with Crippen LogP contribution >= 0.6 is 0 Å². The van der Waals surface area contributed by atoms with E-state index < -0.39 is 6.61 Å². The van der Waals surface area contributed by atoms with Crippen LogP contribution < -0.4 is 5.32 Å². The Morgan fingerprint density at radius 2 is 1.85 bits per heavy atom. The van der Waals surface area contributed by atoms with Crippen molar-refractivity contribution in [2.75, 3.05) is 41.3 Å². The molecule has 20 heavy (non-hydrogen) atoms. The first-order chi connectivity index (χ1) is 9.27. The first-order valence-electron chi connectivity index (χ1n) is 6.34. The maximum atomic E-state index is 12.0. The number of nitrogens with one attached hydrogen (secondary N) is 1. The van der Waals surface area contributed by atoms with Gasteiger partial charge in [-0.2, -0.15) is 8.78 Å². The summed E-state index contributed by atoms with van der Waals surface area (Å²) in [4.78, 5) is 4.18. The molecule has 0 bridgehead atoms. The van der Waals surface area contributed by atoms with Crippen LogP contribution in [0.4, 0.5) is 8.78 Å². The summed E-state index contributed by atoms with van der Waals surface area (Å²) in [6, 6.07) is 0. The van der Waals surface area contributed by atoms with E-state index in [0.29, 0.717) is 0 Å². The van der Waals surface area contributed by atoms with Gasteiger partial charge in [0.2, 0.25) is 0 Å². The molecule has 116 valence electrons. The maximum Gasteiger partial charge on any atom is 0.387 e. The lowest BCUT2D eigenvalue weighted by atomic mass is 10.2. The van der Waals surface area contributed by atoms with Crippen LogP contribution in [0, 0.1) is 0 Å². The Morgan fingerprint density at radius 1 is 1.25 bits per heavy atom. The lowest BCUT2D eigenvalue weighted by Crippen LogP contribution is -2.29. The third kappa shape index (κ3) is 7.78. The van der Waals surface area contributed by atoms with E-state index in [1.807, 2.05) is 28.1 Å². The Balaban J connectivity index is 4.72. The van der Waals surface area contributed by atoms with E-state index in [1.165, 1.54) is 6.08 Å². The summed E-state index contributed by atoms with van der Waals surface area (Å²) < 4.78 is 28.2. The van der Waals surface area contributed by atoms with E-state index in [2.05, 4.69) is 26.4 Å². The Morgan fingerprint density at radius 3 is 2.30 bits per heavy atom. The number of nitrogens with zero attached hydrogens (tertiary/aromatic N) is 2. The molecular formula is C14H25F2N3O. The van der Waals surface area contributed by atoms with Crippen molar-refractivity contribution in [3.63, 3.8) is 0 Å². The molecule has 6 heteroatoms. The summed E-state index contributed by atoms with van der Waals surface area (Å²) in [5.41, 5.74) is 1.83. The third-order valence-corrected chi connectivity index (χ3v) is 2.79. The molecule has 0 aliphatic carbocycles. The van der Waals surface area contributed by atoms with Gasteiger partial charge >= 0.3 is 6.61 Å². The topological polar surface area (TPSA) is 27.7 Å². The van der Waals surface area contributed by atoms with E-state index in [4.69, 9.17) is 0 Å². The molecular weight excluding hydrogens is 264 g/mol. The van der Waals surface area contributed by atoms with Crippen LogP contribution in [0.1, 0.15) is 6.92 Å². The van der Waals surface area contributed by atoms with Crippen molar-refractivity contribution < 1.29 is 13.5 Å². The standard InChI is InChI=1S/C14H25F2N3O/c1-11(20-14(15)16)7-8-13(17-3)12(2)19(6)10-9-18(4)5/h7-8,14,17H,1,9-10H2,2-6H3/b8-7-,13-12-. The van der Waals surface area contributed by atoms with Crippen molar-refractivity contribution in [3.05, 3.63) is 35.9 Å². The number of rotatable bonds is 9. The molecule has 0 atom stereocenters. The van der Waals surface area contributed by atoms with Crippen molar-refractivity contribution in [1.29, 1.82) is 0 Å². The molecule has 0 saturated carbocycles. The molecule has 0 spiro atoms. The number of halogens is 2. The fraction of sp³-hybridized carbons (Fsp3) is 0.571. The summed E-state index contributed by atoms with van der Waals surface area (Å²) >= 11 is 0. The van der Waals surface area contributed by atoms with Crippen LogP contribution in [0.25, 0.3) is 0 Å². The molecule has 0 saturated heterocycles. The minimum absolute atomic E-state index is 0.0727. The molecule has 4 nitrogen and oxygen atoms in total. The van der Waals surface area contributed by atoms with Gasteiger partial charge in [0.05, 0.1) is 5.70 Å². The molecule has 0 rings (SSSR count). The zero-order valence-corrected chi connectivity index (χ0v) is 12.9. The fourth-order valence-electron chi connectivity index (χ4n) is 1.44. The van der Waals surface area contributed by atoms with Gasteiger partial charge < -0.3 is 19.9 Å². The molecule has 0 amide bonds. The first kappa shape index (κ1) is 18.4. The minimum Gasteiger partial charge on any atom is -0.435 e. The Bertz CT molecular complexity index is 365. The summed E-state index contributed by atoms with van der Waals surface area (Å²) in [5.74, 6) is -0.0727. The molecule has 0 aliphatic heterocycles. The van der Waals surface area contributed by atoms with E-state index in [0.717, 1.165) is 24.5 Å². The molecule has 0 aromatic rings. The third-order valence-electron chi connectivity index (χ3n) is 2.79. The molecule has 1 N–H and O–H groups in total. The highest BCUT2D eigenvalue weighted by Gasteiger charge is 2.06.